The molecule has 0 aliphatic heterocycles. The molecule has 12 heavy (non-hydrogen) atoms. The molecule has 0 aromatic rings. The average molecular weight is 169 g/mol. The van der Waals surface area contributed by atoms with Gasteiger partial charge in [0.15, 0.2) is 0 Å². The van der Waals surface area contributed by atoms with Gasteiger partial charge in [0.1, 0.15) is 6.61 Å². The van der Waals surface area contributed by atoms with Crippen molar-refractivity contribution in [3.05, 3.63) is 0 Å². The van der Waals surface area contributed by atoms with Crippen LogP contribution in [0.1, 0.15) is 27.2 Å². The lowest BCUT2D eigenvalue weighted by Gasteiger charge is -1.93. The number of nitrogens with zero attached hydrogens (tertiary/aromatic N) is 3. The highest BCUT2D eigenvalue weighted by Gasteiger charge is 1.77. The van der Waals surface area contributed by atoms with Crippen LogP contribution in [-0.2, 0) is 4.84 Å². The molecule has 0 aliphatic rings. The maximum absolute atomic E-state index is 6.50. The first-order valence-electron chi connectivity index (χ1n) is 3.42. The zero-order valence-corrected chi connectivity index (χ0v) is 7.82. The van der Waals surface area contributed by atoms with Crippen LogP contribution in [-0.4, -0.2) is 12.3 Å². The van der Waals surface area contributed by atoms with Crippen molar-refractivity contribution in [2.24, 2.45) is 5.16 Å². The van der Waals surface area contributed by atoms with Gasteiger partial charge in [-0.1, -0.05) is 12.1 Å². The molecule has 0 radical (unpaired) electrons. The van der Waals surface area contributed by atoms with E-state index in [1.54, 1.807) is 0 Å². The molecule has 0 bridgehead atoms. The van der Waals surface area contributed by atoms with E-state index in [4.69, 9.17) is 15.4 Å². The van der Waals surface area contributed by atoms with Gasteiger partial charge in [-0.25, -0.2) is 10.5 Å². The Labute approximate surface area is 74.1 Å². The van der Waals surface area contributed by atoms with Crippen molar-refractivity contribution in [2.75, 3.05) is 6.61 Å². The van der Waals surface area contributed by atoms with Crippen LogP contribution in [0.15, 0.2) is 5.16 Å². The highest BCUT2D eigenvalue weighted by atomic mass is 16.6. The molecular weight excluding hydrogens is 154 g/mol. The van der Waals surface area contributed by atoms with Crippen LogP contribution < -0.4 is 0 Å². The first-order chi connectivity index (χ1) is 5.77. The van der Waals surface area contributed by atoms with Crippen LogP contribution in [0.3, 0.4) is 0 Å². The molecule has 0 rings (SSSR count). The monoisotopic (exact) mass is 169 g/mol. The Balaban J connectivity index is -0.000000175. The summed E-state index contributed by atoms with van der Waals surface area (Å²) >= 11 is 0. The summed E-state index contributed by atoms with van der Waals surface area (Å²) < 4.78 is 0. The van der Waals surface area contributed by atoms with Gasteiger partial charge in [-0.05, 0) is 20.3 Å². The van der Waals surface area contributed by atoms with Gasteiger partial charge in [0.05, 0.1) is 5.71 Å². The van der Waals surface area contributed by atoms with Crippen molar-refractivity contribution in [3.63, 3.8) is 0 Å². The van der Waals surface area contributed by atoms with Gasteiger partial charge in [-0.15, -0.1) is 0 Å². The second kappa shape index (κ2) is 22.7. The van der Waals surface area contributed by atoms with Crippen LogP contribution in [0.4, 0.5) is 0 Å². The molecule has 0 aromatic carbocycles. The molecule has 0 fully saturated rings. The number of hydrogen-bond donors (Lipinski definition) is 0. The van der Waals surface area contributed by atoms with Gasteiger partial charge in [0.25, 0.3) is 0 Å². The molecule has 0 unspecified atom stereocenters. The molecule has 0 N–H and O–H groups in total. The van der Waals surface area contributed by atoms with E-state index in [0.717, 1.165) is 18.7 Å². The Morgan fingerprint density at radius 1 is 1.25 bits per heavy atom. The van der Waals surface area contributed by atoms with E-state index in [9.17, 15) is 0 Å². The lowest BCUT2D eigenvalue weighted by molar-refractivity contribution is 0.144. The summed E-state index contributed by atoms with van der Waals surface area (Å²) in [6.45, 7) is 13.6. The van der Waals surface area contributed by atoms with Gasteiger partial charge in [0, 0.05) is 13.1 Å². The smallest absolute Gasteiger partial charge is 0.116 e. The lowest BCUT2D eigenvalue weighted by atomic mass is 10.5. The van der Waals surface area contributed by atoms with Crippen molar-refractivity contribution in [1.82, 2.24) is 0 Å². The SMILES string of the molecule is C#N.C#N.CCCON=C(C)C. The molecule has 4 nitrogen and oxygen atoms in total. The lowest BCUT2D eigenvalue weighted by Crippen LogP contribution is -1.87. The van der Waals surface area contributed by atoms with E-state index in [0.29, 0.717) is 0 Å². The van der Waals surface area contributed by atoms with Crippen LogP contribution in [0.2, 0.25) is 0 Å². The first kappa shape index (κ1) is 16.8. The minimum Gasteiger partial charge on any atom is -0.396 e. The van der Waals surface area contributed by atoms with Crippen LogP contribution in [0, 0.1) is 23.7 Å². The number of nitriles is 2. The van der Waals surface area contributed by atoms with Gasteiger partial charge < -0.3 is 4.84 Å². The van der Waals surface area contributed by atoms with Gasteiger partial charge in [-0.2, -0.15) is 0 Å². The molecule has 68 valence electrons. The van der Waals surface area contributed by atoms with Crippen LogP contribution >= 0.6 is 0 Å². The summed E-state index contributed by atoms with van der Waals surface area (Å²) in [6.07, 6.45) is 1.02. The second-order valence-corrected chi connectivity index (χ2v) is 1.87. The Morgan fingerprint density at radius 2 is 1.67 bits per heavy atom. The number of oxime groups is 1. The molecule has 0 spiro atoms. The summed E-state index contributed by atoms with van der Waals surface area (Å²) in [7, 11) is 0. The zero-order valence-electron chi connectivity index (χ0n) is 7.82. The predicted molar refractivity (Wildman–Crippen MR) is 48.4 cm³/mol. The summed E-state index contributed by atoms with van der Waals surface area (Å²) in [5.74, 6) is 0. The van der Waals surface area contributed by atoms with Gasteiger partial charge >= 0.3 is 0 Å². The van der Waals surface area contributed by atoms with Crippen molar-refractivity contribution < 1.29 is 4.84 Å². The summed E-state index contributed by atoms with van der Waals surface area (Å²) in [6, 6.07) is 0. The van der Waals surface area contributed by atoms with Crippen molar-refractivity contribution in [2.45, 2.75) is 27.2 Å². The normalized spacial score (nSPS) is 5.92. The summed E-state index contributed by atoms with van der Waals surface area (Å²) in [4.78, 5) is 4.83. The third-order valence-electron chi connectivity index (χ3n) is 0.543. The quantitative estimate of drug-likeness (QED) is 0.369. The largest absolute Gasteiger partial charge is 0.396 e. The zero-order chi connectivity index (χ0) is 10.4. The summed E-state index contributed by atoms with van der Waals surface area (Å²) in [5, 5.41) is 16.7. The van der Waals surface area contributed by atoms with E-state index in [1.807, 2.05) is 13.8 Å². The highest BCUT2D eigenvalue weighted by Crippen LogP contribution is 1.81. The van der Waals surface area contributed by atoms with E-state index in [-0.39, 0.29) is 0 Å². The van der Waals surface area contributed by atoms with Crippen LogP contribution in [0.5, 0.6) is 0 Å². The molecular formula is C8H15N3O. The molecule has 0 aromatic heterocycles. The molecule has 0 saturated heterocycles. The Hall–Kier alpha value is -1.55. The van der Waals surface area contributed by atoms with Crippen molar-refractivity contribution >= 4 is 5.71 Å². The molecule has 0 atom stereocenters. The van der Waals surface area contributed by atoms with E-state index in [1.165, 1.54) is 0 Å². The fraction of sp³-hybridized carbons (Fsp3) is 0.625. The van der Waals surface area contributed by atoms with Crippen molar-refractivity contribution in [3.8, 4) is 13.1 Å². The summed E-state index contributed by atoms with van der Waals surface area (Å²) in [5.41, 5.74) is 0.971. The minimum atomic E-state index is 0.727. The molecule has 0 aliphatic carbocycles. The highest BCUT2D eigenvalue weighted by molar-refractivity contribution is 5.78. The van der Waals surface area contributed by atoms with E-state index in [2.05, 4.69) is 25.2 Å². The predicted octanol–water partition coefficient (Wildman–Crippen LogP) is 2.09. The Kier molecular flexibility index (Phi) is 31.8. The second-order valence-electron chi connectivity index (χ2n) is 1.87. The number of rotatable bonds is 3. The third kappa shape index (κ3) is 39.4. The maximum atomic E-state index is 6.50. The van der Waals surface area contributed by atoms with E-state index < -0.39 is 0 Å². The molecule has 0 saturated carbocycles. The molecule has 0 amide bonds. The molecule has 4 heteroatoms. The molecule has 0 heterocycles. The Morgan fingerprint density at radius 3 is 1.92 bits per heavy atom. The standard InChI is InChI=1S/C6H13NO.2CHN/c1-4-5-8-7-6(2)3;2*1-2/h4-5H2,1-3H3;2*1H. The fourth-order valence-corrected chi connectivity index (χ4v) is 0.266. The topological polar surface area (TPSA) is 69.2 Å². The van der Waals surface area contributed by atoms with E-state index >= 15 is 0 Å². The minimum absolute atomic E-state index is 0.727. The first-order valence-corrected chi connectivity index (χ1v) is 3.42. The maximum Gasteiger partial charge on any atom is 0.116 e. The Bertz CT molecular complexity index is 128. The third-order valence-corrected chi connectivity index (χ3v) is 0.543. The van der Waals surface area contributed by atoms with Gasteiger partial charge in [-0.3, -0.25) is 0 Å². The van der Waals surface area contributed by atoms with Crippen molar-refractivity contribution in [1.29, 1.82) is 10.5 Å². The fourth-order valence-electron chi connectivity index (χ4n) is 0.266. The number of hydrogen-bond acceptors (Lipinski definition) is 4. The van der Waals surface area contributed by atoms with Crippen LogP contribution in [0.25, 0.3) is 0 Å². The van der Waals surface area contributed by atoms with Gasteiger partial charge in [0.2, 0.25) is 0 Å². The average Bonchev–Trinajstić information content (AvgIpc) is 2.12.